The molecule has 0 spiro atoms. The number of benzene rings is 1. The number of hydrogen-bond donors (Lipinski definition) is 2. The topological polar surface area (TPSA) is 120 Å². The molecule has 0 atom stereocenters. The fourth-order valence-corrected chi connectivity index (χ4v) is 3.47. The van der Waals surface area contributed by atoms with Gasteiger partial charge in [0, 0.05) is 17.6 Å². The molecule has 4 aromatic rings. The van der Waals surface area contributed by atoms with Gasteiger partial charge in [0.1, 0.15) is 17.8 Å². The molecule has 4 rings (SSSR count). The van der Waals surface area contributed by atoms with E-state index in [1.54, 1.807) is 30.6 Å². The summed E-state index contributed by atoms with van der Waals surface area (Å²) in [6, 6.07) is 10.9. The molecule has 0 aliphatic rings. The van der Waals surface area contributed by atoms with E-state index in [0.717, 1.165) is 0 Å². The number of ether oxygens (including phenoxy) is 1. The summed E-state index contributed by atoms with van der Waals surface area (Å²) >= 11 is 0. The number of nitrogens with zero attached hydrogens (tertiary/aromatic N) is 6. The van der Waals surface area contributed by atoms with E-state index in [9.17, 15) is 4.79 Å². The zero-order chi connectivity index (χ0) is 25.1. The normalized spacial score (nSPS) is 11.5. The Bertz CT molecular complexity index is 1350. The van der Waals surface area contributed by atoms with Crippen LogP contribution in [0.5, 0.6) is 5.88 Å². The van der Waals surface area contributed by atoms with Crippen molar-refractivity contribution >= 4 is 28.6 Å². The van der Waals surface area contributed by atoms with Gasteiger partial charge < -0.3 is 19.9 Å². The van der Waals surface area contributed by atoms with Crippen molar-refractivity contribution in [3.8, 4) is 17.4 Å². The highest BCUT2D eigenvalue weighted by Gasteiger charge is 2.16. The van der Waals surface area contributed by atoms with Gasteiger partial charge in [-0.1, -0.05) is 6.07 Å². The van der Waals surface area contributed by atoms with E-state index < -0.39 is 0 Å². The Balaban J connectivity index is 1.61. The number of pyridine rings is 1. The summed E-state index contributed by atoms with van der Waals surface area (Å²) in [5.74, 6) is 1.74. The first-order chi connectivity index (χ1) is 16.7. The monoisotopic (exact) mass is 474 g/mol. The molecule has 0 saturated heterocycles. The molecule has 0 saturated carbocycles. The molecule has 0 aliphatic carbocycles. The fourth-order valence-electron chi connectivity index (χ4n) is 3.47. The average Bonchev–Trinajstić information content (AvgIpc) is 3.29. The molecule has 0 radical (unpaired) electrons. The quantitative estimate of drug-likeness (QED) is 0.376. The maximum absolute atomic E-state index is 13.0. The highest BCUT2D eigenvalue weighted by atomic mass is 16.5. The summed E-state index contributed by atoms with van der Waals surface area (Å²) in [7, 11) is 0. The van der Waals surface area contributed by atoms with Gasteiger partial charge >= 0.3 is 0 Å². The first-order valence-corrected chi connectivity index (χ1v) is 11.6. The van der Waals surface area contributed by atoms with Crippen LogP contribution in [-0.2, 0) is 0 Å². The molecule has 0 unspecified atom stereocenters. The van der Waals surface area contributed by atoms with Crippen LogP contribution in [-0.4, -0.2) is 47.8 Å². The van der Waals surface area contributed by atoms with E-state index >= 15 is 0 Å². The van der Waals surface area contributed by atoms with E-state index in [1.807, 2.05) is 58.2 Å². The second kappa shape index (κ2) is 10.0. The number of hydrogen-bond acceptors (Lipinski definition) is 8. The minimum absolute atomic E-state index is 0.0443. The molecule has 3 aromatic heterocycles. The summed E-state index contributed by atoms with van der Waals surface area (Å²) in [6.07, 6.45) is 1.63. The molecular weight excluding hydrogens is 444 g/mol. The maximum atomic E-state index is 13.0. The number of carbonyl (C=O) groups excluding carboxylic acids is 1. The lowest BCUT2D eigenvalue weighted by Crippen LogP contribution is -2.16. The SMILES string of the molecule is CC(C)Nc1nc2cc(C(=O)Nc3cccc(-c4nncn4C(C)C)n3)ccc2nc1OC(C)C. The summed E-state index contributed by atoms with van der Waals surface area (Å²) < 4.78 is 7.77. The number of aromatic nitrogens is 6. The van der Waals surface area contributed by atoms with Gasteiger partial charge in [0.25, 0.3) is 11.8 Å². The van der Waals surface area contributed by atoms with Gasteiger partial charge in [-0.2, -0.15) is 0 Å². The first kappa shape index (κ1) is 24.1. The van der Waals surface area contributed by atoms with Crippen LogP contribution in [0.2, 0.25) is 0 Å². The van der Waals surface area contributed by atoms with Crippen LogP contribution in [0.3, 0.4) is 0 Å². The third-order valence-corrected chi connectivity index (χ3v) is 5.02. The van der Waals surface area contributed by atoms with Crippen LogP contribution in [0, 0.1) is 0 Å². The van der Waals surface area contributed by atoms with Gasteiger partial charge in [-0.05, 0) is 71.9 Å². The Kier molecular flexibility index (Phi) is 6.90. The largest absolute Gasteiger partial charge is 0.472 e. The highest BCUT2D eigenvalue weighted by Crippen LogP contribution is 2.26. The van der Waals surface area contributed by atoms with Crippen molar-refractivity contribution in [1.82, 2.24) is 29.7 Å². The van der Waals surface area contributed by atoms with Gasteiger partial charge in [0.2, 0.25) is 0 Å². The van der Waals surface area contributed by atoms with E-state index in [-0.39, 0.29) is 24.1 Å². The van der Waals surface area contributed by atoms with E-state index in [4.69, 9.17) is 4.74 Å². The number of nitrogens with one attached hydrogen (secondary N) is 2. The molecular formula is C25H30N8O2. The van der Waals surface area contributed by atoms with Gasteiger partial charge in [-0.25, -0.2) is 15.0 Å². The van der Waals surface area contributed by atoms with Crippen LogP contribution in [0.4, 0.5) is 11.6 Å². The van der Waals surface area contributed by atoms with Gasteiger partial charge in [0.15, 0.2) is 11.6 Å². The first-order valence-electron chi connectivity index (χ1n) is 11.6. The molecule has 1 amide bonds. The third-order valence-electron chi connectivity index (χ3n) is 5.02. The lowest BCUT2D eigenvalue weighted by atomic mass is 10.1. The molecule has 10 heteroatoms. The van der Waals surface area contributed by atoms with Crippen molar-refractivity contribution in [3.63, 3.8) is 0 Å². The standard InChI is InChI=1S/C25H30N8O2/c1-14(2)27-22-25(35-16(5)6)30-18-11-10-17(12-20(18)29-22)24(34)31-21-9-7-8-19(28-21)23-32-26-13-33(23)15(3)4/h7-16H,1-6H3,(H,27,29)(H,28,31,34). The number of fused-ring (bicyclic) bond motifs is 1. The molecule has 35 heavy (non-hydrogen) atoms. The zero-order valence-electron chi connectivity index (χ0n) is 20.8. The average molecular weight is 475 g/mol. The number of anilines is 2. The van der Waals surface area contributed by atoms with Crippen LogP contribution in [0.1, 0.15) is 57.9 Å². The number of rotatable bonds is 8. The Morgan fingerprint density at radius 3 is 2.49 bits per heavy atom. The van der Waals surface area contributed by atoms with E-state index in [0.29, 0.717) is 45.6 Å². The number of amides is 1. The Labute approximate surface area is 204 Å². The Hall–Kier alpha value is -4.08. The third kappa shape index (κ3) is 5.53. The van der Waals surface area contributed by atoms with Crippen LogP contribution in [0.15, 0.2) is 42.7 Å². The second-order valence-corrected chi connectivity index (χ2v) is 9.06. The molecule has 0 aliphatic heterocycles. The molecule has 10 nitrogen and oxygen atoms in total. The van der Waals surface area contributed by atoms with Crippen molar-refractivity contribution < 1.29 is 9.53 Å². The smallest absolute Gasteiger partial charge is 0.258 e. The van der Waals surface area contributed by atoms with Crippen LogP contribution < -0.4 is 15.4 Å². The summed E-state index contributed by atoms with van der Waals surface area (Å²) in [4.78, 5) is 26.9. The lowest BCUT2D eigenvalue weighted by molar-refractivity contribution is 0.102. The lowest BCUT2D eigenvalue weighted by Gasteiger charge is -2.16. The molecule has 0 fully saturated rings. The van der Waals surface area contributed by atoms with Crippen molar-refractivity contribution in [3.05, 3.63) is 48.3 Å². The zero-order valence-corrected chi connectivity index (χ0v) is 20.8. The summed E-state index contributed by atoms with van der Waals surface area (Å²) in [5.41, 5.74) is 2.29. The minimum Gasteiger partial charge on any atom is -0.472 e. The van der Waals surface area contributed by atoms with Gasteiger partial charge in [-0.15, -0.1) is 10.2 Å². The van der Waals surface area contributed by atoms with Crippen molar-refractivity contribution in [1.29, 1.82) is 0 Å². The molecule has 1 aromatic carbocycles. The number of carbonyl (C=O) groups is 1. The molecule has 3 heterocycles. The van der Waals surface area contributed by atoms with Crippen molar-refractivity contribution in [2.75, 3.05) is 10.6 Å². The second-order valence-electron chi connectivity index (χ2n) is 9.06. The molecule has 0 bridgehead atoms. The minimum atomic E-state index is -0.301. The van der Waals surface area contributed by atoms with E-state index in [2.05, 4.69) is 35.8 Å². The Morgan fingerprint density at radius 2 is 1.77 bits per heavy atom. The predicted octanol–water partition coefficient (Wildman–Crippen LogP) is 4.72. The van der Waals surface area contributed by atoms with E-state index in [1.165, 1.54) is 0 Å². The van der Waals surface area contributed by atoms with Crippen molar-refractivity contribution in [2.24, 2.45) is 0 Å². The predicted molar refractivity (Wildman–Crippen MR) is 136 cm³/mol. The maximum Gasteiger partial charge on any atom is 0.258 e. The van der Waals surface area contributed by atoms with Gasteiger partial charge in [-0.3, -0.25) is 4.79 Å². The molecule has 182 valence electrons. The summed E-state index contributed by atoms with van der Waals surface area (Å²) in [6.45, 7) is 12.0. The summed E-state index contributed by atoms with van der Waals surface area (Å²) in [5, 5.41) is 14.3. The Morgan fingerprint density at radius 1 is 0.971 bits per heavy atom. The molecule has 2 N–H and O–H groups in total. The van der Waals surface area contributed by atoms with Crippen LogP contribution in [0.25, 0.3) is 22.6 Å². The van der Waals surface area contributed by atoms with Gasteiger partial charge in [0.05, 0.1) is 17.1 Å². The fraction of sp³-hybridized carbons (Fsp3) is 0.360. The van der Waals surface area contributed by atoms with Crippen molar-refractivity contribution in [2.45, 2.75) is 59.7 Å². The highest BCUT2D eigenvalue weighted by molar-refractivity contribution is 6.05. The van der Waals surface area contributed by atoms with Crippen LogP contribution >= 0.6 is 0 Å².